The van der Waals surface area contributed by atoms with E-state index in [4.69, 9.17) is 12.8 Å². The van der Waals surface area contributed by atoms with E-state index in [9.17, 15) is 0 Å². The van der Waals surface area contributed by atoms with Crippen molar-refractivity contribution < 1.29 is 19.5 Å². The van der Waals surface area contributed by atoms with Gasteiger partial charge in [-0.3, -0.25) is 0 Å². The van der Waals surface area contributed by atoms with Crippen LogP contribution in [0.2, 0.25) is 0 Å². The van der Waals surface area contributed by atoms with Crippen molar-refractivity contribution in [1.82, 2.24) is 0 Å². The molecule has 0 saturated heterocycles. The quantitative estimate of drug-likeness (QED) is 0.458. The maximum absolute atomic E-state index is 4.95. The Labute approximate surface area is 142 Å². The molecule has 7 heavy (non-hydrogen) atoms. The van der Waals surface area contributed by atoms with Crippen molar-refractivity contribution in [1.29, 1.82) is 0 Å². The molecule has 0 aliphatic carbocycles. The van der Waals surface area contributed by atoms with E-state index in [-0.39, 0.29) is 103 Å². The van der Waals surface area contributed by atoms with Gasteiger partial charge in [-0.05, 0) is 0 Å². The van der Waals surface area contributed by atoms with E-state index in [1.807, 2.05) is 0 Å². The van der Waals surface area contributed by atoms with Crippen molar-refractivity contribution in [2.75, 3.05) is 0 Å². The van der Waals surface area contributed by atoms with Crippen molar-refractivity contribution in [3.63, 3.8) is 0 Å². The van der Waals surface area contributed by atoms with E-state index in [0.29, 0.717) is 0 Å². The van der Waals surface area contributed by atoms with Gasteiger partial charge in [-0.15, -0.1) is 0 Å². The zero-order valence-electron chi connectivity index (χ0n) is 2.17. The maximum atomic E-state index is 4.95. The molecule has 7 heteroatoms. The zero-order valence-corrected chi connectivity index (χ0v) is 8.86. The summed E-state index contributed by atoms with van der Waals surface area (Å²) in [6.45, 7) is 0. The summed E-state index contributed by atoms with van der Waals surface area (Å²) in [5.41, 5.74) is 0. The number of halogens is 2. The van der Waals surface area contributed by atoms with Crippen molar-refractivity contribution in [2.24, 2.45) is 0 Å². The van der Waals surface area contributed by atoms with Crippen LogP contribution >= 0.6 is 12.8 Å². The van der Waals surface area contributed by atoms with Gasteiger partial charge in [0.15, 0.2) is 0 Å². The standard InChI is InChI=1S/2Ca.2ClH.2Mg.Zn.6H/h;;2*1H;;;;;;;;;/q;+2;;;;;;;;;;;/p-2. The second kappa shape index (κ2) is 30.3. The van der Waals surface area contributed by atoms with Gasteiger partial charge in [0.05, 0.1) is 0 Å². The Morgan fingerprint density at radius 3 is 1.00 bits per heavy atom. The Balaban J connectivity index is -0.00000000333. The Kier molecular flexibility index (Phi) is 127. The second-order valence-corrected chi connectivity index (χ2v) is 3.75. The molecule has 0 heterocycles. The molecule has 0 N–H and O–H groups in total. The van der Waals surface area contributed by atoms with Gasteiger partial charge in [0, 0.05) is 19.5 Å². The Bertz CT molecular complexity index is 13.7. The first kappa shape index (κ1) is 29.5. The molecule has 0 saturated carbocycles. The van der Waals surface area contributed by atoms with Gasteiger partial charge < -0.3 is 0 Å². The van der Waals surface area contributed by atoms with Gasteiger partial charge in [0.25, 0.3) is 0 Å². The van der Waals surface area contributed by atoms with Crippen LogP contribution < -0.4 is 0 Å². The fraction of sp³-hybridized carbons (Fsp3) is 0. The van der Waals surface area contributed by atoms with Crippen molar-refractivity contribution in [2.45, 2.75) is 0 Å². The van der Waals surface area contributed by atoms with Gasteiger partial charge in [0.1, 0.15) is 0 Å². The average Bonchev–Trinajstić information content (AvgIpc) is 0.918. The normalized spacial score (nSPS) is 1.43. The molecule has 0 spiro atoms. The third kappa shape index (κ3) is 34.9. The number of hydrogen-bond acceptors (Lipinski definition) is 0. The number of hydrogen-bond donors (Lipinski definition) is 0. The summed E-state index contributed by atoms with van der Waals surface area (Å²) in [7, 11) is 0. The minimum atomic E-state index is -0.931. The molecular weight excluding hydrogens is 265 g/mol. The zero-order chi connectivity index (χ0) is 2.71. The Morgan fingerprint density at radius 1 is 1.00 bits per heavy atom. The van der Waals surface area contributed by atoms with Crippen LogP contribution in [0.15, 0.2) is 0 Å². The third-order valence-electron chi connectivity index (χ3n) is 0. The molecule has 0 aromatic carbocycles. The van der Waals surface area contributed by atoms with E-state index in [0.717, 1.165) is 0 Å². The van der Waals surface area contributed by atoms with Crippen LogP contribution in [0.5, 0.6) is 0 Å². The number of rotatable bonds is 0. The van der Waals surface area contributed by atoms with Crippen LogP contribution in [0.1, 0.15) is 0 Å². The van der Waals surface area contributed by atoms with E-state index in [2.05, 4.69) is 0 Å². The SMILES string of the molecule is [CaH2].[Cl][Ca][Cl].[MgH2].[MgH2].[Zn]. The van der Waals surface area contributed by atoms with E-state index >= 15 is 0 Å². The monoisotopic (exact) mass is 268 g/mol. The van der Waals surface area contributed by atoms with Crippen molar-refractivity contribution in [3.8, 4) is 0 Å². The molecule has 0 bridgehead atoms. The van der Waals surface area contributed by atoms with E-state index in [1.54, 1.807) is 0 Å². The van der Waals surface area contributed by atoms with Gasteiger partial charge in [-0.1, -0.05) is 0 Å². The minimum absolute atomic E-state index is 0. The molecule has 0 fully saturated rings. The molecule has 0 amide bonds. The summed E-state index contributed by atoms with van der Waals surface area (Å²) in [5, 5.41) is 0. The first-order valence-corrected chi connectivity index (χ1v) is 6.61. The molecule has 0 aromatic rings. The van der Waals surface area contributed by atoms with Crippen LogP contribution in [0.4, 0.5) is 0 Å². The van der Waals surface area contributed by atoms with Crippen LogP contribution in [-0.4, -0.2) is 115 Å². The summed E-state index contributed by atoms with van der Waals surface area (Å²) < 4.78 is 0. The van der Waals surface area contributed by atoms with Crippen LogP contribution in [0.3, 0.4) is 0 Å². The second-order valence-electron chi connectivity index (χ2n) is 0.101. The van der Waals surface area contributed by atoms with E-state index in [1.165, 1.54) is 0 Å². The molecule has 0 nitrogen and oxygen atoms in total. The fourth-order valence-electron chi connectivity index (χ4n) is 0. The van der Waals surface area contributed by atoms with Crippen LogP contribution in [0, 0.1) is 0 Å². The molecule has 0 aromatic heterocycles. The smallest absolute Gasteiger partial charge is 0 e. The van der Waals surface area contributed by atoms with Gasteiger partial charge in [-0.2, -0.15) is 0 Å². The average molecular weight is 271 g/mol. The summed E-state index contributed by atoms with van der Waals surface area (Å²) in [6.07, 6.45) is 9.90. The molecule has 0 radical (unpaired) electrons. The predicted molar refractivity (Wildman–Crippen MR) is 43.1 cm³/mol. The topological polar surface area (TPSA) is 0 Å². The summed E-state index contributed by atoms with van der Waals surface area (Å²) in [5.74, 6) is 0. The maximum Gasteiger partial charge on any atom is 0.316 e. The molecule has 0 aliphatic heterocycles. The third-order valence-corrected chi connectivity index (χ3v) is 0. The molecule has 0 aliphatic rings. The van der Waals surface area contributed by atoms with Crippen LogP contribution in [0.25, 0.3) is 0 Å². The predicted octanol–water partition coefficient (Wildman–Crippen LogP) is -1.75. The first-order valence-electron chi connectivity index (χ1n) is 0.535. The van der Waals surface area contributed by atoms with Gasteiger partial charge in [0.2, 0.25) is 0 Å². The molecule has 0 unspecified atom stereocenters. The molecular formula is H6Ca2Cl2Mg2Zn. The van der Waals surface area contributed by atoms with Gasteiger partial charge >= 0.3 is 127 Å². The summed E-state index contributed by atoms with van der Waals surface area (Å²) in [6, 6.07) is 0. The fourth-order valence-corrected chi connectivity index (χ4v) is 0. The minimum Gasteiger partial charge on any atom is 0 e. The first-order chi connectivity index (χ1) is 1.41. The Morgan fingerprint density at radius 2 is 1.00 bits per heavy atom. The molecule has 0 rings (SSSR count). The van der Waals surface area contributed by atoms with Gasteiger partial charge in [-0.25, -0.2) is 0 Å². The Hall–Kier alpha value is 5.26. The van der Waals surface area contributed by atoms with Crippen LogP contribution in [-0.2, 0) is 19.5 Å². The largest absolute Gasteiger partial charge is 0.316 e. The van der Waals surface area contributed by atoms with Crippen molar-refractivity contribution in [3.05, 3.63) is 0 Å². The van der Waals surface area contributed by atoms with E-state index < -0.39 is 30.8 Å². The summed E-state index contributed by atoms with van der Waals surface area (Å²) >= 11 is -0.931. The molecule has 30 valence electrons. The molecule has 0 atom stereocenters. The van der Waals surface area contributed by atoms with Crippen molar-refractivity contribution >= 4 is 127 Å². The summed E-state index contributed by atoms with van der Waals surface area (Å²) in [4.78, 5) is 0.